The summed E-state index contributed by atoms with van der Waals surface area (Å²) >= 11 is 0. The molecule has 0 saturated heterocycles. The summed E-state index contributed by atoms with van der Waals surface area (Å²) in [6, 6.07) is 6.10. The van der Waals surface area contributed by atoms with Gasteiger partial charge in [0, 0.05) is 24.2 Å². The van der Waals surface area contributed by atoms with E-state index in [0.717, 1.165) is 12.8 Å². The minimum Gasteiger partial charge on any atom is -0.346 e. The van der Waals surface area contributed by atoms with Crippen LogP contribution in [0.3, 0.4) is 0 Å². The Bertz CT molecular complexity index is 565. The van der Waals surface area contributed by atoms with Crippen molar-refractivity contribution >= 4 is 24.2 Å². The molecule has 1 rings (SSSR count). The average Bonchev–Trinajstić information content (AvgIpc) is 2.59. The Hall–Kier alpha value is -1.73. The molecular weight excluding hydrogens is 352 g/mol. The van der Waals surface area contributed by atoms with Gasteiger partial charge in [0.2, 0.25) is 0 Å². The Balaban J connectivity index is 0.00000576. The van der Waals surface area contributed by atoms with Crippen LogP contribution >= 0.6 is 12.4 Å². The van der Waals surface area contributed by atoms with Gasteiger partial charge in [-0.25, -0.2) is 8.78 Å². The van der Waals surface area contributed by atoms with E-state index >= 15 is 0 Å². The lowest BCUT2D eigenvalue weighted by molar-refractivity contribution is 0.0118. The van der Waals surface area contributed by atoms with Crippen LogP contribution in [0.1, 0.15) is 47.4 Å². The van der Waals surface area contributed by atoms with E-state index in [2.05, 4.69) is 5.32 Å². The Kier molecular flexibility index (Phi) is 10.2. The van der Waals surface area contributed by atoms with Gasteiger partial charge in [-0.1, -0.05) is 19.9 Å². The number of rotatable bonds is 9. The number of hydrogen-bond donors (Lipinski definition) is 2. The highest BCUT2D eigenvalue weighted by atomic mass is 35.5. The standard InChI is InChI=1S/C17H25F2N3O2.ClH/c1-3-8-22(9-4-2)16(24)14-7-5-6-13(10-14)15(23)21-12-17(18,19)11-20;/h5-7,10H,3-4,8-9,11-12,20H2,1-2H3,(H,21,23);1H. The number of alkyl halides is 2. The van der Waals surface area contributed by atoms with Crippen LogP contribution in [0.4, 0.5) is 8.78 Å². The SMILES string of the molecule is CCCN(CCC)C(=O)c1cccc(C(=O)NCC(F)(F)CN)c1.Cl. The van der Waals surface area contributed by atoms with Gasteiger partial charge in [-0.2, -0.15) is 0 Å². The quantitative estimate of drug-likeness (QED) is 0.694. The summed E-state index contributed by atoms with van der Waals surface area (Å²) in [4.78, 5) is 26.2. The van der Waals surface area contributed by atoms with Crippen molar-refractivity contribution in [2.45, 2.75) is 32.6 Å². The van der Waals surface area contributed by atoms with Gasteiger partial charge in [0.1, 0.15) is 0 Å². The molecular formula is C17H26ClF2N3O2. The molecule has 0 heterocycles. The molecule has 142 valence electrons. The fourth-order valence-electron chi connectivity index (χ4n) is 2.21. The summed E-state index contributed by atoms with van der Waals surface area (Å²) in [5, 5.41) is 2.14. The summed E-state index contributed by atoms with van der Waals surface area (Å²) in [5.41, 5.74) is 5.47. The first-order chi connectivity index (χ1) is 11.3. The van der Waals surface area contributed by atoms with Crippen LogP contribution in [-0.4, -0.2) is 48.8 Å². The number of benzene rings is 1. The Morgan fingerprint density at radius 2 is 1.72 bits per heavy atom. The third-order valence-corrected chi connectivity index (χ3v) is 3.45. The molecule has 0 atom stereocenters. The van der Waals surface area contributed by atoms with Crippen molar-refractivity contribution in [3.8, 4) is 0 Å². The number of hydrogen-bond acceptors (Lipinski definition) is 3. The lowest BCUT2D eigenvalue weighted by atomic mass is 10.1. The molecule has 0 aliphatic carbocycles. The largest absolute Gasteiger partial charge is 0.346 e. The maximum atomic E-state index is 13.1. The molecule has 25 heavy (non-hydrogen) atoms. The zero-order chi connectivity index (χ0) is 18.2. The molecule has 8 heteroatoms. The molecule has 1 aromatic rings. The molecule has 5 nitrogen and oxygen atoms in total. The van der Waals surface area contributed by atoms with E-state index in [1.54, 1.807) is 17.0 Å². The fourth-order valence-corrected chi connectivity index (χ4v) is 2.21. The molecule has 1 aromatic carbocycles. The second-order valence-electron chi connectivity index (χ2n) is 5.62. The average molecular weight is 378 g/mol. The first-order valence-corrected chi connectivity index (χ1v) is 8.10. The number of halogens is 3. The van der Waals surface area contributed by atoms with Gasteiger partial charge < -0.3 is 16.0 Å². The van der Waals surface area contributed by atoms with E-state index in [1.807, 2.05) is 13.8 Å². The van der Waals surface area contributed by atoms with Crippen molar-refractivity contribution < 1.29 is 18.4 Å². The Morgan fingerprint density at radius 1 is 1.16 bits per heavy atom. The second-order valence-corrected chi connectivity index (χ2v) is 5.62. The topological polar surface area (TPSA) is 75.4 Å². The van der Waals surface area contributed by atoms with Crippen molar-refractivity contribution in [1.29, 1.82) is 0 Å². The van der Waals surface area contributed by atoms with E-state index < -0.39 is 24.9 Å². The lowest BCUT2D eigenvalue weighted by Gasteiger charge is -2.21. The van der Waals surface area contributed by atoms with Crippen molar-refractivity contribution in [2.75, 3.05) is 26.2 Å². The summed E-state index contributed by atoms with van der Waals surface area (Å²) in [6.45, 7) is 3.56. The van der Waals surface area contributed by atoms with Crippen LogP contribution in [0, 0.1) is 0 Å². The van der Waals surface area contributed by atoms with E-state index in [0.29, 0.717) is 18.7 Å². The van der Waals surface area contributed by atoms with Crippen molar-refractivity contribution in [3.05, 3.63) is 35.4 Å². The van der Waals surface area contributed by atoms with Crippen LogP contribution in [0.5, 0.6) is 0 Å². The molecule has 2 amide bonds. The van der Waals surface area contributed by atoms with E-state index in [1.165, 1.54) is 12.1 Å². The molecule has 0 aliphatic rings. The van der Waals surface area contributed by atoms with Crippen LogP contribution in [0.25, 0.3) is 0 Å². The summed E-state index contributed by atoms with van der Waals surface area (Å²) in [7, 11) is 0. The van der Waals surface area contributed by atoms with Gasteiger partial charge in [0.25, 0.3) is 17.7 Å². The summed E-state index contributed by atoms with van der Waals surface area (Å²) < 4.78 is 26.2. The number of carbonyl (C=O) groups is 2. The first kappa shape index (κ1) is 23.3. The Labute approximate surface area is 153 Å². The fraction of sp³-hybridized carbons (Fsp3) is 0.529. The molecule has 0 bridgehead atoms. The smallest absolute Gasteiger partial charge is 0.277 e. The van der Waals surface area contributed by atoms with Crippen molar-refractivity contribution in [2.24, 2.45) is 5.73 Å². The summed E-state index contributed by atoms with van der Waals surface area (Å²) in [6.07, 6.45) is 1.67. The van der Waals surface area contributed by atoms with Gasteiger partial charge in [0.15, 0.2) is 0 Å². The highest BCUT2D eigenvalue weighted by Gasteiger charge is 2.27. The highest BCUT2D eigenvalue weighted by Crippen LogP contribution is 2.12. The number of amides is 2. The van der Waals surface area contributed by atoms with E-state index in [9.17, 15) is 18.4 Å². The highest BCUT2D eigenvalue weighted by molar-refractivity contribution is 5.99. The van der Waals surface area contributed by atoms with Crippen LogP contribution in [-0.2, 0) is 0 Å². The van der Waals surface area contributed by atoms with E-state index in [-0.39, 0.29) is 23.9 Å². The van der Waals surface area contributed by atoms with Crippen LogP contribution in [0.2, 0.25) is 0 Å². The molecule has 0 radical (unpaired) electrons. The van der Waals surface area contributed by atoms with Gasteiger partial charge in [-0.3, -0.25) is 9.59 Å². The monoisotopic (exact) mass is 377 g/mol. The molecule has 0 spiro atoms. The maximum absolute atomic E-state index is 13.1. The maximum Gasteiger partial charge on any atom is 0.277 e. The Morgan fingerprint density at radius 3 is 2.24 bits per heavy atom. The molecule has 3 N–H and O–H groups in total. The zero-order valence-corrected chi connectivity index (χ0v) is 15.4. The predicted octanol–water partition coefficient (Wildman–Crippen LogP) is 2.69. The first-order valence-electron chi connectivity index (χ1n) is 8.10. The molecule has 0 aliphatic heterocycles. The molecule has 0 unspecified atom stereocenters. The normalized spacial score (nSPS) is 10.8. The third-order valence-electron chi connectivity index (χ3n) is 3.45. The van der Waals surface area contributed by atoms with Gasteiger partial charge >= 0.3 is 0 Å². The zero-order valence-electron chi connectivity index (χ0n) is 14.6. The van der Waals surface area contributed by atoms with Crippen LogP contribution in [0.15, 0.2) is 24.3 Å². The molecule has 0 fully saturated rings. The molecule has 0 saturated carbocycles. The van der Waals surface area contributed by atoms with Gasteiger partial charge in [-0.05, 0) is 31.0 Å². The number of nitrogens with one attached hydrogen (secondary N) is 1. The predicted molar refractivity (Wildman–Crippen MR) is 96.5 cm³/mol. The third kappa shape index (κ3) is 7.36. The van der Waals surface area contributed by atoms with Gasteiger partial charge in [0.05, 0.1) is 13.1 Å². The minimum atomic E-state index is -3.15. The van der Waals surface area contributed by atoms with Crippen LogP contribution < -0.4 is 11.1 Å². The number of carbonyl (C=O) groups excluding carboxylic acids is 2. The summed E-state index contributed by atoms with van der Waals surface area (Å²) in [5.74, 6) is -3.97. The lowest BCUT2D eigenvalue weighted by Crippen LogP contribution is -2.41. The number of nitrogens with zero attached hydrogens (tertiary/aromatic N) is 1. The molecule has 0 aromatic heterocycles. The second kappa shape index (κ2) is 11.0. The van der Waals surface area contributed by atoms with Gasteiger partial charge in [-0.15, -0.1) is 12.4 Å². The number of nitrogens with two attached hydrogens (primary N) is 1. The minimum absolute atomic E-state index is 0. The van der Waals surface area contributed by atoms with E-state index in [4.69, 9.17) is 5.73 Å². The van der Waals surface area contributed by atoms with Crippen molar-refractivity contribution in [1.82, 2.24) is 10.2 Å². The van der Waals surface area contributed by atoms with Crippen molar-refractivity contribution in [3.63, 3.8) is 0 Å².